The van der Waals surface area contributed by atoms with Crippen LogP contribution in [0.3, 0.4) is 0 Å². The number of aromatic nitrogens is 1. The van der Waals surface area contributed by atoms with Crippen LogP contribution >= 0.6 is 11.3 Å². The highest BCUT2D eigenvalue weighted by Gasteiger charge is 2.13. The predicted octanol–water partition coefficient (Wildman–Crippen LogP) is 4.41. The third-order valence-electron chi connectivity index (χ3n) is 3.76. The zero-order chi connectivity index (χ0) is 14.8. The van der Waals surface area contributed by atoms with Gasteiger partial charge in [0, 0.05) is 33.3 Å². The number of thiophene rings is 1. The van der Waals surface area contributed by atoms with Gasteiger partial charge >= 0.3 is 0 Å². The molecule has 0 saturated heterocycles. The molecule has 21 heavy (non-hydrogen) atoms. The maximum absolute atomic E-state index is 6.49. The van der Waals surface area contributed by atoms with Crippen molar-refractivity contribution in [1.29, 1.82) is 0 Å². The van der Waals surface area contributed by atoms with Crippen LogP contribution in [0, 0.1) is 6.92 Å². The molecule has 0 aliphatic carbocycles. The topological polar surface area (TPSA) is 38.9 Å². The fourth-order valence-electron chi connectivity index (χ4n) is 2.70. The minimum absolute atomic E-state index is 0.0138. The Morgan fingerprint density at radius 1 is 1.14 bits per heavy atom. The van der Waals surface area contributed by atoms with Gasteiger partial charge in [0.05, 0.1) is 5.52 Å². The van der Waals surface area contributed by atoms with E-state index in [1.807, 2.05) is 24.3 Å². The summed E-state index contributed by atoms with van der Waals surface area (Å²) in [5.74, 6) is 0. The molecule has 0 aliphatic rings. The molecule has 2 aromatic heterocycles. The van der Waals surface area contributed by atoms with Crippen molar-refractivity contribution in [3.63, 3.8) is 0 Å². The minimum atomic E-state index is 0.0138. The van der Waals surface area contributed by atoms with Crippen LogP contribution in [0.2, 0.25) is 0 Å². The second kappa shape index (κ2) is 5.96. The van der Waals surface area contributed by atoms with E-state index in [-0.39, 0.29) is 6.04 Å². The average molecular weight is 296 g/mol. The molecule has 0 aliphatic heterocycles. The number of para-hydroxylation sites is 1. The number of fused-ring (bicyclic) bond motifs is 1. The van der Waals surface area contributed by atoms with Crippen LogP contribution in [0.1, 0.15) is 34.0 Å². The summed E-state index contributed by atoms with van der Waals surface area (Å²) in [7, 11) is 0. The van der Waals surface area contributed by atoms with Crippen molar-refractivity contribution in [2.75, 3.05) is 0 Å². The molecule has 1 atom stereocenters. The lowest BCUT2D eigenvalue weighted by atomic mass is 9.98. The zero-order valence-electron chi connectivity index (χ0n) is 12.5. The van der Waals surface area contributed by atoms with Crippen LogP contribution in [0.25, 0.3) is 10.9 Å². The fourth-order valence-corrected chi connectivity index (χ4v) is 3.71. The molecule has 2 N–H and O–H groups in total. The van der Waals surface area contributed by atoms with E-state index in [2.05, 4.69) is 48.3 Å². The summed E-state index contributed by atoms with van der Waals surface area (Å²) in [6, 6.07) is 14.8. The maximum Gasteiger partial charge on any atom is 0.0708 e. The van der Waals surface area contributed by atoms with E-state index >= 15 is 0 Å². The molecule has 0 spiro atoms. The first-order chi connectivity index (χ1) is 10.2. The van der Waals surface area contributed by atoms with Gasteiger partial charge in [0.25, 0.3) is 0 Å². The van der Waals surface area contributed by atoms with Crippen molar-refractivity contribution in [3.05, 3.63) is 63.5 Å². The van der Waals surface area contributed by atoms with E-state index in [1.165, 1.54) is 20.7 Å². The summed E-state index contributed by atoms with van der Waals surface area (Å²) >= 11 is 1.87. The second-order valence-corrected chi connectivity index (χ2v) is 6.66. The van der Waals surface area contributed by atoms with Crippen LogP contribution in [-0.4, -0.2) is 4.98 Å². The molecule has 0 saturated carbocycles. The van der Waals surface area contributed by atoms with E-state index in [0.717, 1.165) is 24.1 Å². The Bertz CT molecular complexity index is 761. The smallest absolute Gasteiger partial charge is 0.0708 e. The lowest BCUT2D eigenvalue weighted by molar-refractivity contribution is 0.734. The summed E-state index contributed by atoms with van der Waals surface area (Å²) in [5.41, 5.74) is 9.75. The fraction of sp³-hybridized carbons (Fsp3) is 0.278. The van der Waals surface area contributed by atoms with Gasteiger partial charge in [-0.3, -0.25) is 4.98 Å². The molecule has 3 heteroatoms. The van der Waals surface area contributed by atoms with Crippen molar-refractivity contribution in [2.45, 2.75) is 32.7 Å². The number of aryl methyl sites for hydroxylation is 2. The van der Waals surface area contributed by atoms with Gasteiger partial charge in [-0.2, -0.15) is 0 Å². The summed E-state index contributed by atoms with van der Waals surface area (Å²) in [5, 5.41) is 1.17. The van der Waals surface area contributed by atoms with Crippen molar-refractivity contribution in [2.24, 2.45) is 5.73 Å². The van der Waals surface area contributed by atoms with Crippen LogP contribution in [0.15, 0.2) is 42.5 Å². The largest absolute Gasteiger partial charge is 0.324 e. The first-order valence-electron chi connectivity index (χ1n) is 7.37. The van der Waals surface area contributed by atoms with Gasteiger partial charge in [-0.1, -0.05) is 25.1 Å². The molecular formula is C18H20N2S. The van der Waals surface area contributed by atoms with Gasteiger partial charge in [-0.05, 0) is 43.2 Å². The Labute approximate surface area is 129 Å². The van der Waals surface area contributed by atoms with Gasteiger partial charge in [-0.15, -0.1) is 11.3 Å². The van der Waals surface area contributed by atoms with Crippen LogP contribution in [0.5, 0.6) is 0 Å². The number of benzene rings is 1. The zero-order valence-corrected chi connectivity index (χ0v) is 13.3. The third-order valence-corrected chi connectivity index (χ3v) is 5.01. The summed E-state index contributed by atoms with van der Waals surface area (Å²) in [4.78, 5) is 7.37. The quantitative estimate of drug-likeness (QED) is 0.774. The van der Waals surface area contributed by atoms with E-state index in [4.69, 9.17) is 5.73 Å². The highest BCUT2D eigenvalue weighted by Crippen LogP contribution is 2.27. The molecule has 2 heterocycles. The second-order valence-electron chi connectivity index (χ2n) is 5.40. The van der Waals surface area contributed by atoms with Crippen molar-refractivity contribution < 1.29 is 0 Å². The predicted molar refractivity (Wildman–Crippen MR) is 90.8 cm³/mol. The van der Waals surface area contributed by atoms with Gasteiger partial charge in [-0.25, -0.2) is 0 Å². The highest BCUT2D eigenvalue weighted by molar-refractivity contribution is 7.11. The van der Waals surface area contributed by atoms with Crippen molar-refractivity contribution in [1.82, 2.24) is 4.98 Å². The molecule has 1 unspecified atom stereocenters. The first kappa shape index (κ1) is 14.2. The van der Waals surface area contributed by atoms with Crippen LogP contribution in [0.4, 0.5) is 0 Å². The number of rotatable bonds is 4. The summed E-state index contributed by atoms with van der Waals surface area (Å²) in [6.07, 6.45) is 1.98. The Hall–Kier alpha value is -1.71. The van der Waals surface area contributed by atoms with Gasteiger partial charge < -0.3 is 5.73 Å². The molecule has 108 valence electrons. The highest BCUT2D eigenvalue weighted by atomic mass is 32.1. The van der Waals surface area contributed by atoms with E-state index < -0.39 is 0 Å². The molecule has 0 radical (unpaired) electrons. The standard InChI is InChI=1S/C18H20N2S/c1-3-13-8-9-14(21-13)11-17(19)16-10-12(2)20-18-7-5-4-6-15(16)18/h4-10,17H,3,11,19H2,1-2H3. The van der Waals surface area contributed by atoms with Gasteiger partial charge in [0.2, 0.25) is 0 Å². The SMILES string of the molecule is CCc1ccc(CC(N)c2cc(C)nc3ccccc23)s1. The average Bonchev–Trinajstić information content (AvgIpc) is 2.94. The van der Waals surface area contributed by atoms with Crippen LogP contribution < -0.4 is 5.73 Å². The van der Waals surface area contributed by atoms with E-state index in [0.29, 0.717) is 0 Å². The molecule has 0 bridgehead atoms. The Morgan fingerprint density at radius 2 is 1.90 bits per heavy atom. The number of nitrogens with zero attached hydrogens (tertiary/aromatic N) is 1. The molecular weight excluding hydrogens is 276 g/mol. The lowest BCUT2D eigenvalue weighted by Gasteiger charge is -2.14. The molecule has 0 amide bonds. The first-order valence-corrected chi connectivity index (χ1v) is 8.18. The van der Waals surface area contributed by atoms with E-state index in [9.17, 15) is 0 Å². The Morgan fingerprint density at radius 3 is 2.67 bits per heavy atom. The number of nitrogens with two attached hydrogens (primary N) is 1. The van der Waals surface area contributed by atoms with Crippen molar-refractivity contribution in [3.8, 4) is 0 Å². The lowest BCUT2D eigenvalue weighted by Crippen LogP contribution is -2.13. The minimum Gasteiger partial charge on any atom is -0.324 e. The number of hydrogen-bond acceptors (Lipinski definition) is 3. The van der Waals surface area contributed by atoms with Gasteiger partial charge in [0.15, 0.2) is 0 Å². The Balaban J connectivity index is 1.95. The van der Waals surface area contributed by atoms with Crippen LogP contribution in [-0.2, 0) is 12.8 Å². The molecule has 3 rings (SSSR count). The molecule has 0 fully saturated rings. The third kappa shape index (κ3) is 2.99. The number of hydrogen-bond donors (Lipinski definition) is 1. The van der Waals surface area contributed by atoms with Gasteiger partial charge in [0.1, 0.15) is 0 Å². The van der Waals surface area contributed by atoms with Crippen molar-refractivity contribution >= 4 is 22.2 Å². The Kier molecular flexibility index (Phi) is 4.04. The molecule has 1 aromatic carbocycles. The number of pyridine rings is 1. The normalized spacial score (nSPS) is 12.7. The summed E-state index contributed by atoms with van der Waals surface area (Å²) < 4.78 is 0. The molecule has 2 nitrogen and oxygen atoms in total. The molecule has 3 aromatic rings. The monoisotopic (exact) mass is 296 g/mol. The summed E-state index contributed by atoms with van der Waals surface area (Å²) in [6.45, 7) is 4.22. The van der Waals surface area contributed by atoms with E-state index in [1.54, 1.807) is 0 Å². The maximum atomic E-state index is 6.49.